The SMILES string of the molecule is CNC1OCN(c2cccc(C(F)(F)F)c2)C1=O. The number of hydrogen-bond donors (Lipinski definition) is 1. The van der Waals surface area contributed by atoms with Crippen LogP contribution in [0.3, 0.4) is 0 Å². The number of benzene rings is 1. The van der Waals surface area contributed by atoms with E-state index < -0.39 is 23.9 Å². The number of amides is 1. The first kappa shape index (κ1) is 12.8. The van der Waals surface area contributed by atoms with Crippen LogP contribution >= 0.6 is 0 Å². The molecule has 0 radical (unpaired) electrons. The molecule has 0 aromatic heterocycles. The number of nitrogens with one attached hydrogen (secondary N) is 1. The lowest BCUT2D eigenvalue weighted by molar-refractivity contribution is -0.137. The van der Waals surface area contributed by atoms with Gasteiger partial charge < -0.3 is 4.74 Å². The molecule has 7 heteroatoms. The molecule has 98 valence electrons. The van der Waals surface area contributed by atoms with Crippen LogP contribution in [0, 0.1) is 0 Å². The van der Waals surface area contributed by atoms with E-state index in [0.29, 0.717) is 0 Å². The van der Waals surface area contributed by atoms with E-state index in [1.54, 1.807) is 0 Å². The van der Waals surface area contributed by atoms with Gasteiger partial charge in [0.2, 0.25) is 0 Å². The highest BCUT2D eigenvalue weighted by Gasteiger charge is 2.35. The van der Waals surface area contributed by atoms with Gasteiger partial charge in [-0.25, -0.2) is 0 Å². The standard InChI is InChI=1S/C11H11F3N2O2/c1-15-9-10(17)16(6-18-9)8-4-2-3-7(5-8)11(12,13)14/h2-5,9,15H,6H2,1H3. The van der Waals surface area contributed by atoms with Gasteiger partial charge in [0.05, 0.1) is 5.56 Å². The van der Waals surface area contributed by atoms with Gasteiger partial charge in [0, 0.05) is 5.69 Å². The van der Waals surface area contributed by atoms with E-state index in [2.05, 4.69) is 5.32 Å². The van der Waals surface area contributed by atoms with Crippen molar-refractivity contribution in [2.45, 2.75) is 12.4 Å². The maximum atomic E-state index is 12.5. The van der Waals surface area contributed by atoms with Crippen LogP contribution < -0.4 is 10.2 Å². The van der Waals surface area contributed by atoms with Crippen molar-refractivity contribution in [1.82, 2.24) is 5.32 Å². The highest BCUT2D eigenvalue weighted by Crippen LogP contribution is 2.32. The number of anilines is 1. The molecule has 1 heterocycles. The third-order valence-corrected chi connectivity index (χ3v) is 2.61. The summed E-state index contributed by atoms with van der Waals surface area (Å²) in [6.45, 7) is -0.0638. The number of hydrogen-bond acceptors (Lipinski definition) is 3. The largest absolute Gasteiger partial charge is 0.416 e. The van der Waals surface area contributed by atoms with E-state index in [1.165, 1.54) is 19.2 Å². The van der Waals surface area contributed by atoms with Gasteiger partial charge in [-0.15, -0.1) is 0 Å². The fourth-order valence-corrected chi connectivity index (χ4v) is 1.68. The Morgan fingerprint density at radius 3 is 2.72 bits per heavy atom. The Morgan fingerprint density at radius 1 is 1.44 bits per heavy atom. The van der Waals surface area contributed by atoms with E-state index in [-0.39, 0.29) is 12.4 Å². The van der Waals surface area contributed by atoms with Crippen molar-refractivity contribution < 1.29 is 22.7 Å². The molecule has 1 aliphatic rings. The van der Waals surface area contributed by atoms with Crippen LogP contribution in [-0.2, 0) is 15.7 Å². The third-order valence-electron chi connectivity index (χ3n) is 2.61. The zero-order valence-corrected chi connectivity index (χ0v) is 9.49. The summed E-state index contributed by atoms with van der Waals surface area (Å²) in [6.07, 6.45) is -5.23. The minimum Gasteiger partial charge on any atom is -0.333 e. The van der Waals surface area contributed by atoms with E-state index in [4.69, 9.17) is 4.74 Å². The maximum absolute atomic E-state index is 12.5. The first-order valence-corrected chi connectivity index (χ1v) is 5.21. The Kier molecular flexibility index (Phi) is 3.27. The fourth-order valence-electron chi connectivity index (χ4n) is 1.68. The molecule has 1 aromatic carbocycles. The van der Waals surface area contributed by atoms with Gasteiger partial charge in [-0.2, -0.15) is 13.2 Å². The maximum Gasteiger partial charge on any atom is 0.416 e. The molecule has 18 heavy (non-hydrogen) atoms. The zero-order chi connectivity index (χ0) is 13.3. The first-order chi connectivity index (χ1) is 8.43. The van der Waals surface area contributed by atoms with Gasteiger partial charge in [0.15, 0.2) is 6.23 Å². The summed E-state index contributed by atoms with van der Waals surface area (Å²) in [7, 11) is 1.54. The lowest BCUT2D eigenvalue weighted by Gasteiger charge is -2.16. The van der Waals surface area contributed by atoms with Crippen LogP contribution in [0.4, 0.5) is 18.9 Å². The Morgan fingerprint density at radius 2 is 2.17 bits per heavy atom. The highest BCUT2D eigenvalue weighted by atomic mass is 19.4. The summed E-state index contributed by atoms with van der Waals surface area (Å²) < 4.78 is 42.7. The Bertz CT molecular complexity index is 462. The molecule has 1 amide bonds. The quantitative estimate of drug-likeness (QED) is 0.877. The number of ether oxygens (including phenoxy) is 1. The summed E-state index contributed by atoms with van der Waals surface area (Å²) in [5.74, 6) is -0.406. The van der Waals surface area contributed by atoms with Gasteiger partial charge in [0.25, 0.3) is 5.91 Å². The Labute approximate surface area is 101 Å². The van der Waals surface area contributed by atoms with E-state index in [0.717, 1.165) is 17.0 Å². The number of rotatable bonds is 2. The summed E-state index contributed by atoms with van der Waals surface area (Å²) in [4.78, 5) is 12.9. The highest BCUT2D eigenvalue weighted by molar-refractivity contribution is 5.97. The van der Waals surface area contributed by atoms with Crippen LogP contribution in [0.15, 0.2) is 24.3 Å². The number of carbonyl (C=O) groups is 1. The second kappa shape index (κ2) is 4.58. The van der Waals surface area contributed by atoms with Gasteiger partial charge in [-0.1, -0.05) is 6.07 Å². The molecule has 1 fully saturated rings. The van der Waals surface area contributed by atoms with Crippen LogP contribution in [0.2, 0.25) is 0 Å². The molecule has 1 saturated heterocycles. The van der Waals surface area contributed by atoms with Gasteiger partial charge in [0.1, 0.15) is 6.73 Å². The first-order valence-electron chi connectivity index (χ1n) is 5.21. The molecule has 1 aliphatic heterocycles. The number of likely N-dealkylation sites (N-methyl/N-ethyl adjacent to an activating group) is 1. The topological polar surface area (TPSA) is 41.6 Å². The molecule has 1 aromatic rings. The molecular weight excluding hydrogens is 249 g/mol. The molecule has 1 N–H and O–H groups in total. The predicted octanol–water partition coefficient (Wildman–Crippen LogP) is 1.57. The summed E-state index contributed by atoms with van der Waals surface area (Å²) >= 11 is 0. The van der Waals surface area contributed by atoms with Gasteiger partial charge in [-0.05, 0) is 25.2 Å². The average Bonchev–Trinajstić information content (AvgIpc) is 2.69. The van der Waals surface area contributed by atoms with Crippen molar-refractivity contribution in [2.24, 2.45) is 0 Å². The summed E-state index contributed by atoms with van der Waals surface area (Å²) in [6, 6.07) is 4.59. The van der Waals surface area contributed by atoms with Crippen molar-refractivity contribution in [3.63, 3.8) is 0 Å². The van der Waals surface area contributed by atoms with E-state index in [1.807, 2.05) is 0 Å². The lowest BCUT2D eigenvalue weighted by atomic mass is 10.2. The third kappa shape index (κ3) is 2.32. The number of halogens is 3. The van der Waals surface area contributed by atoms with Crippen LogP contribution in [-0.4, -0.2) is 25.9 Å². The van der Waals surface area contributed by atoms with Crippen molar-refractivity contribution in [2.75, 3.05) is 18.7 Å². The van der Waals surface area contributed by atoms with Crippen LogP contribution in [0.5, 0.6) is 0 Å². The number of alkyl halides is 3. The molecule has 1 atom stereocenters. The lowest BCUT2D eigenvalue weighted by Crippen LogP contribution is -2.36. The Hall–Kier alpha value is -1.60. The molecule has 2 rings (SSSR count). The smallest absolute Gasteiger partial charge is 0.333 e. The summed E-state index contributed by atoms with van der Waals surface area (Å²) in [5, 5.41) is 2.62. The minimum absolute atomic E-state index is 0.0638. The molecule has 4 nitrogen and oxygen atoms in total. The average molecular weight is 260 g/mol. The number of carbonyl (C=O) groups excluding carboxylic acids is 1. The minimum atomic E-state index is -4.43. The van der Waals surface area contributed by atoms with E-state index in [9.17, 15) is 18.0 Å². The fraction of sp³-hybridized carbons (Fsp3) is 0.364. The molecule has 1 unspecified atom stereocenters. The predicted molar refractivity (Wildman–Crippen MR) is 57.7 cm³/mol. The van der Waals surface area contributed by atoms with Crippen LogP contribution in [0.1, 0.15) is 5.56 Å². The Balaban J connectivity index is 2.27. The monoisotopic (exact) mass is 260 g/mol. The van der Waals surface area contributed by atoms with Gasteiger partial charge in [-0.3, -0.25) is 15.0 Å². The zero-order valence-electron chi connectivity index (χ0n) is 9.49. The molecule has 0 bridgehead atoms. The molecular formula is C11H11F3N2O2. The summed E-state index contributed by atoms with van der Waals surface area (Å²) in [5.41, 5.74) is -0.617. The van der Waals surface area contributed by atoms with Crippen molar-refractivity contribution in [1.29, 1.82) is 0 Å². The van der Waals surface area contributed by atoms with Crippen LogP contribution in [0.25, 0.3) is 0 Å². The van der Waals surface area contributed by atoms with Crippen molar-refractivity contribution >= 4 is 11.6 Å². The number of nitrogens with zero attached hydrogens (tertiary/aromatic N) is 1. The molecule has 0 aliphatic carbocycles. The van der Waals surface area contributed by atoms with Crippen molar-refractivity contribution in [3.8, 4) is 0 Å². The second-order valence-electron chi connectivity index (χ2n) is 3.78. The molecule has 0 spiro atoms. The van der Waals surface area contributed by atoms with Crippen molar-refractivity contribution in [3.05, 3.63) is 29.8 Å². The second-order valence-corrected chi connectivity index (χ2v) is 3.78. The molecule has 0 saturated carbocycles. The van der Waals surface area contributed by atoms with Gasteiger partial charge >= 0.3 is 6.18 Å². The van der Waals surface area contributed by atoms with E-state index >= 15 is 0 Å². The normalized spacial score (nSPS) is 20.6.